The lowest BCUT2D eigenvalue weighted by Crippen LogP contribution is -2.52. The van der Waals surface area contributed by atoms with Crippen LogP contribution in [0.1, 0.15) is 6.92 Å². The van der Waals surface area contributed by atoms with Crippen LogP contribution in [0.3, 0.4) is 0 Å². The van der Waals surface area contributed by atoms with Crippen molar-refractivity contribution >= 4 is 11.8 Å². The van der Waals surface area contributed by atoms with Crippen LogP contribution < -0.4 is 0 Å². The summed E-state index contributed by atoms with van der Waals surface area (Å²) in [4.78, 5) is 25.4. The predicted molar refractivity (Wildman–Crippen MR) is 39.6 cm³/mol. The maximum absolute atomic E-state index is 11.2. The molecule has 0 aromatic rings. The second-order valence-corrected chi connectivity index (χ2v) is 2.94. The number of nitrogens with zero attached hydrogens (tertiary/aromatic N) is 2. The molecule has 0 radical (unpaired) electrons. The molecule has 0 aliphatic carbocycles. The van der Waals surface area contributed by atoms with Gasteiger partial charge in [-0.2, -0.15) is 0 Å². The summed E-state index contributed by atoms with van der Waals surface area (Å²) in [6.07, 6.45) is 0. The van der Waals surface area contributed by atoms with Crippen LogP contribution in [0.4, 0.5) is 0 Å². The summed E-state index contributed by atoms with van der Waals surface area (Å²) in [5.41, 5.74) is 0. The highest BCUT2D eigenvalue weighted by molar-refractivity contribution is 6.01. The van der Waals surface area contributed by atoms with Gasteiger partial charge in [-0.05, 0) is 6.92 Å². The summed E-state index contributed by atoms with van der Waals surface area (Å²) in [5.74, 6) is -0.681. The molecule has 0 unspecified atom stereocenters. The van der Waals surface area contributed by atoms with Crippen LogP contribution in [-0.2, 0) is 9.59 Å². The van der Waals surface area contributed by atoms with Gasteiger partial charge < -0.3 is 9.80 Å². The lowest BCUT2D eigenvalue weighted by molar-refractivity contribution is -0.154. The summed E-state index contributed by atoms with van der Waals surface area (Å²) >= 11 is 0. The lowest BCUT2D eigenvalue weighted by Gasteiger charge is -2.33. The van der Waals surface area contributed by atoms with E-state index >= 15 is 0 Å². The van der Waals surface area contributed by atoms with E-state index in [1.165, 1.54) is 0 Å². The Morgan fingerprint density at radius 3 is 1.91 bits per heavy atom. The van der Waals surface area contributed by atoms with Crippen molar-refractivity contribution in [2.75, 3.05) is 20.8 Å². The Kier molecular flexibility index (Phi) is 1.85. The Morgan fingerprint density at radius 2 is 1.55 bits per heavy atom. The second kappa shape index (κ2) is 2.53. The van der Waals surface area contributed by atoms with Gasteiger partial charge in [-0.3, -0.25) is 9.59 Å². The third-order valence-corrected chi connectivity index (χ3v) is 1.92. The van der Waals surface area contributed by atoms with E-state index in [1.807, 2.05) is 0 Å². The van der Waals surface area contributed by atoms with Crippen molar-refractivity contribution in [2.24, 2.45) is 5.92 Å². The fraction of sp³-hybridized carbons (Fsp3) is 0.714. The first kappa shape index (κ1) is 8.04. The molecule has 1 rings (SSSR count). The number of carbonyl (C=O) groups is 2. The van der Waals surface area contributed by atoms with E-state index in [-0.39, 0.29) is 11.8 Å². The van der Waals surface area contributed by atoms with Crippen LogP contribution in [0.5, 0.6) is 0 Å². The van der Waals surface area contributed by atoms with Gasteiger partial charge in [-0.1, -0.05) is 0 Å². The quantitative estimate of drug-likeness (QED) is 0.444. The summed E-state index contributed by atoms with van der Waals surface area (Å²) in [7, 11) is 3.39. The highest BCUT2D eigenvalue weighted by atomic mass is 16.2. The molecule has 4 nitrogen and oxygen atoms in total. The molecule has 1 fully saturated rings. The van der Waals surface area contributed by atoms with Crippen LogP contribution in [0.15, 0.2) is 0 Å². The van der Waals surface area contributed by atoms with Crippen molar-refractivity contribution in [3.63, 3.8) is 0 Å². The van der Waals surface area contributed by atoms with Crippen molar-refractivity contribution < 1.29 is 9.59 Å². The fourth-order valence-corrected chi connectivity index (χ4v) is 1.22. The first-order chi connectivity index (χ1) is 5.04. The van der Waals surface area contributed by atoms with Crippen molar-refractivity contribution in [3.05, 3.63) is 0 Å². The minimum atomic E-state index is -0.501. The number of hydrogen-bond acceptors (Lipinski definition) is 2. The number of amides is 2. The molecule has 1 aliphatic rings. The largest absolute Gasteiger partial charge is 0.327 e. The molecule has 4 heteroatoms. The van der Waals surface area contributed by atoms with Gasteiger partial charge in [0.05, 0.1) is 6.67 Å². The molecule has 0 aromatic heterocycles. The minimum Gasteiger partial charge on any atom is -0.327 e. The molecule has 0 N–H and O–H groups in total. The van der Waals surface area contributed by atoms with Gasteiger partial charge >= 0.3 is 0 Å². The average molecular weight is 156 g/mol. The monoisotopic (exact) mass is 156 g/mol. The number of rotatable bonds is 0. The van der Waals surface area contributed by atoms with Crippen molar-refractivity contribution in [1.29, 1.82) is 0 Å². The zero-order chi connectivity index (χ0) is 8.59. The molecule has 1 saturated heterocycles. The van der Waals surface area contributed by atoms with Gasteiger partial charge in [0.2, 0.25) is 11.8 Å². The van der Waals surface area contributed by atoms with E-state index in [0.717, 1.165) is 0 Å². The van der Waals surface area contributed by atoms with Gasteiger partial charge in [0.1, 0.15) is 5.92 Å². The third-order valence-electron chi connectivity index (χ3n) is 1.92. The Balaban J connectivity index is 2.79. The molecule has 0 atom stereocenters. The zero-order valence-electron chi connectivity index (χ0n) is 7.00. The summed E-state index contributed by atoms with van der Waals surface area (Å²) < 4.78 is 0. The van der Waals surface area contributed by atoms with E-state index in [0.29, 0.717) is 6.67 Å². The second-order valence-electron chi connectivity index (χ2n) is 2.94. The number of hydrogen-bond donors (Lipinski definition) is 0. The minimum absolute atomic E-state index is 0.0897. The van der Waals surface area contributed by atoms with Crippen LogP contribution in [-0.4, -0.2) is 42.4 Å². The highest BCUT2D eigenvalue weighted by Gasteiger charge is 2.32. The molecule has 11 heavy (non-hydrogen) atoms. The molecule has 62 valence electrons. The smallest absolute Gasteiger partial charge is 0.236 e. The summed E-state index contributed by atoms with van der Waals surface area (Å²) in [6.45, 7) is 2.04. The molecule has 2 amide bonds. The molecule has 1 heterocycles. The van der Waals surface area contributed by atoms with Crippen LogP contribution in [0.2, 0.25) is 0 Å². The zero-order valence-corrected chi connectivity index (χ0v) is 7.00. The van der Waals surface area contributed by atoms with Gasteiger partial charge in [0.15, 0.2) is 0 Å². The summed E-state index contributed by atoms with van der Waals surface area (Å²) in [6, 6.07) is 0. The molecule has 0 saturated carbocycles. The van der Waals surface area contributed by atoms with Gasteiger partial charge in [-0.25, -0.2) is 0 Å². The average Bonchev–Trinajstić information content (AvgIpc) is 1.97. The molecule has 1 aliphatic heterocycles. The highest BCUT2D eigenvalue weighted by Crippen LogP contribution is 2.11. The van der Waals surface area contributed by atoms with E-state index in [2.05, 4.69) is 0 Å². The first-order valence-electron chi connectivity index (χ1n) is 3.54. The van der Waals surface area contributed by atoms with Gasteiger partial charge in [0, 0.05) is 14.1 Å². The maximum Gasteiger partial charge on any atom is 0.236 e. The maximum atomic E-state index is 11.2. The van der Waals surface area contributed by atoms with E-state index in [9.17, 15) is 9.59 Å². The van der Waals surface area contributed by atoms with Crippen LogP contribution >= 0.6 is 0 Å². The standard InChI is InChI=1S/C7H12N2O2/c1-5-6(10)8(2)4-9(3)7(5)11/h5H,4H2,1-3H3. The van der Waals surface area contributed by atoms with Crippen LogP contribution in [0.25, 0.3) is 0 Å². The Labute approximate surface area is 65.8 Å². The van der Waals surface area contributed by atoms with E-state index in [1.54, 1.807) is 30.8 Å². The Bertz CT molecular complexity index is 183. The van der Waals surface area contributed by atoms with E-state index in [4.69, 9.17) is 0 Å². The van der Waals surface area contributed by atoms with Crippen molar-refractivity contribution in [1.82, 2.24) is 9.80 Å². The third kappa shape index (κ3) is 1.20. The lowest BCUT2D eigenvalue weighted by atomic mass is 10.1. The molecular weight excluding hydrogens is 144 g/mol. The SMILES string of the molecule is CC1C(=O)N(C)CN(C)C1=O. The first-order valence-corrected chi connectivity index (χ1v) is 3.54. The van der Waals surface area contributed by atoms with E-state index < -0.39 is 5.92 Å². The van der Waals surface area contributed by atoms with Gasteiger partial charge in [-0.15, -0.1) is 0 Å². The van der Waals surface area contributed by atoms with Gasteiger partial charge in [0.25, 0.3) is 0 Å². The molecular formula is C7H12N2O2. The summed E-state index contributed by atoms with van der Waals surface area (Å²) in [5, 5.41) is 0. The topological polar surface area (TPSA) is 40.6 Å². The normalized spacial score (nSPS) is 21.4. The Hall–Kier alpha value is -1.06. The molecule has 0 aromatic carbocycles. The van der Waals surface area contributed by atoms with Crippen molar-refractivity contribution in [3.8, 4) is 0 Å². The van der Waals surface area contributed by atoms with Crippen molar-refractivity contribution in [2.45, 2.75) is 6.92 Å². The predicted octanol–water partition coefficient (Wildman–Crippen LogP) is -0.490. The van der Waals surface area contributed by atoms with Crippen LogP contribution in [0, 0.1) is 5.92 Å². The molecule has 0 spiro atoms. The Morgan fingerprint density at radius 1 is 1.18 bits per heavy atom. The molecule has 0 bridgehead atoms. The number of carbonyl (C=O) groups excluding carboxylic acids is 2. The fourth-order valence-electron chi connectivity index (χ4n) is 1.22.